The van der Waals surface area contributed by atoms with Crippen LogP contribution in [0.15, 0.2) is 10.3 Å². The van der Waals surface area contributed by atoms with Gasteiger partial charge in [-0.1, -0.05) is 18.3 Å². The van der Waals surface area contributed by atoms with Crippen molar-refractivity contribution in [2.24, 2.45) is 0 Å². The normalized spacial score (nSPS) is 13.2. The van der Waals surface area contributed by atoms with Gasteiger partial charge in [0.05, 0.1) is 4.92 Å². The number of nitro groups is 1. The molecule has 0 radical (unpaired) electrons. The van der Waals surface area contributed by atoms with Crippen LogP contribution in [-0.2, 0) is 10.0 Å². The summed E-state index contributed by atoms with van der Waals surface area (Å²) in [4.78, 5) is 10.2. The largest absolute Gasteiger partial charge is 0.374 e. The van der Waals surface area contributed by atoms with Gasteiger partial charge in [-0.2, -0.15) is 11.8 Å². The Labute approximate surface area is 126 Å². The number of sulfonamides is 1. The molecular weight excluding hydrogens is 322 g/mol. The van der Waals surface area contributed by atoms with Gasteiger partial charge in [-0.25, -0.2) is 13.1 Å². The van der Waals surface area contributed by atoms with E-state index in [0.29, 0.717) is 5.75 Å². The number of hydrogen-bond acceptors (Lipinski definition) is 7. The van der Waals surface area contributed by atoms with Gasteiger partial charge in [-0.05, 0) is 12.7 Å². The number of hydrogen-bond donors (Lipinski definition) is 2. The molecule has 0 saturated heterocycles. The molecule has 1 atom stereocenters. The van der Waals surface area contributed by atoms with Crippen molar-refractivity contribution in [3.8, 4) is 0 Å². The SMILES string of the molecule is CCSCC(C)NS(=O)(=O)c1cc([N+](=O)[O-])c(NC)s1. The molecule has 0 spiro atoms. The molecule has 20 heavy (non-hydrogen) atoms. The van der Waals surface area contributed by atoms with E-state index in [0.717, 1.165) is 23.2 Å². The van der Waals surface area contributed by atoms with E-state index in [1.165, 1.54) is 7.05 Å². The Bertz CT molecular complexity index is 570. The Hall–Kier alpha value is -0.840. The lowest BCUT2D eigenvalue weighted by Crippen LogP contribution is -2.33. The molecular formula is C10H17N3O4S3. The number of thioether (sulfide) groups is 1. The lowest BCUT2D eigenvalue weighted by molar-refractivity contribution is -0.383. The predicted molar refractivity (Wildman–Crippen MR) is 83.3 cm³/mol. The van der Waals surface area contributed by atoms with Gasteiger partial charge >= 0.3 is 5.69 Å². The topological polar surface area (TPSA) is 101 Å². The maximum atomic E-state index is 12.1. The molecule has 10 heteroatoms. The highest BCUT2D eigenvalue weighted by molar-refractivity contribution is 7.99. The molecule has 0 aliphatic heterocycles. The van der Waals surface area contributed by atoms with Crippen LogP contribution in [0.3, 0.4) is 0 Å². The first-order valence-corrected chi connectivity index (χ1v) is 9.33. The van der Waals surface area contributed by atoms with Crippen LogP contribution >= 0.6 is 23.1 Å². The van der Waals surface area contributed by atoms with Crippen LogP contribution < -0.4 is 10.0 Å². The summed E-state index contributed by atoms with van der Waals surface area (Å²) in [5.74, 6) is 1.56. The van der Waals surface area contributed by atoms with Crippen LogP contribution in [0.1, 0.15) is 13.8 Å². The van der Waals surface area contributed by atoms with Crippen molar-refractivity contribution < 1.29 is 13.3 Å². The molecule has 0 aromatic carbocycles. The minimum Gasteiger partial charge on any atom is -0.374 e. The van der Waals surface area contributed by atoms with Gasteiger partial charge in [-0.15, -0.1) is 0 Å². The zero-order valence-electron chi connectivity index (χ0n) is 11.4. The van der Waals surface area contributed by atoms with E-state index in [9.17, 15) is 18.5 Å². The first-order chi connectivity index (χ1) is 9.31. The van der Waals surface area contributed by atoms with Crippen LogP contribution in [-0.4, -0.2) is 37.9 Å². The zero-order chi connectivity index (χ0) is 15.3. The minimum atomic E-state index is -3.72. The van der Waals surface area contributed by atoms with Gasteiger partial charge in [0.25, 0.3) is 10.0 Å². The summed E-state index contributed by atoms with van der Waals surface area (Å²) in [5.41, 5.74) is -0.228. The molecule has 0 aliphatic carbocycles. The Kier molecular flexibility index (Phi) is 6.24. The first kappa shape index (κ1) is 17.2. The highest BCUT2D eigenvalue weighted by atomic mass is 32.2. The van der Waals surface area contributed by atoms with Crippen molar-refractivity contribution >= 4 is 43.8 Å². The molecule has 0 aliphatic rings. The highest BCUT2D eigenvalue weighted by Crippen LogP contribution is 2.36. The average molecular weight is 339 g/mol. The molecule has 0 saturated carbocycles. The molecule has 114 valence electrons. The Morgan fingerprint density at radius 3 is 2.65 bits per heavy atom. The second-order valence-electron chi connectivity index (χ2n) is 3.97. The maximum absolute atomic E-state index is 12.1. The predicted octanol–water partition coefficient (Wildman–Crippen LogP) is 2.12. The highest BCUT2D eigenvalue weighted by Gasteiger charge is 2.26. The number of nitrogens with one attached hydrogen (secondary N) is 2. The summed E-state index contributed by atoms with van der Waals surface area (Å²) >= 11 is 2.48. The van der Waals surface area contributed by atoms with Gasteiger partial charge in [-0.3, -0.25) is 10.1 Å². The Morgan fingerprint density at radius 2 is 2.20 bits per heavy atom. The third-order valence-corrected chi connectivity index (χ3v) is 6.66. The van der Waals surface area contributed by atoms with Crippen LogP contribution in [0.5, 0.6) is 0 Å². The second kappa shape index (κ2) is 7.25. The standard InChI is InChI=1S/C10H17N3O4S3/c1-4-18-6-7(2)12-20(16,17)9-5-8(13(14)15)10(11-3)19-9/h5,7,11-12H,4,6H2,1-3H3. The number of nitrogens with zero attached hydrogens (tertiary/aromatic N) is 1. The summed E-state index contributed by atoms with van der Waals surface area (Å²) in [6.07, 6.45) is 0. The van der Waals surface area contributed by atoms with Gasteiger partial charge in [0.15, 0.2) is 5.00 Å². The van der Waals surface area contributed by atoms with E-state index < -0.39 is 14.9 Å². The van der Waals surface area contributed by atoms with E-state index in [1.807, 2.05) is 6.92 Å². The minimum absolute atomic E-state index is 0.0538. The van der Waals surface area contributed by atoms with E-state index in [1.54, 1.807) is 18.7 Å². The summed E-state index contributed by atoms with van der Waals surface area (Å²) in [7, 11) is -2.21. The van der Waals surface area contributed by atoms with Gasteiger partial charge in [0.2, 0.25) is 0 Å². The molecule has 2 N–H and O–H groups in total. The monoisotopic (exact) mass is 339 g/mol. The Morgan fingerprint density at radius 1 is 1.55 bits per heavy atom. The molecule has 1 aromatic heterocycles. The van der Waals surface area contributed by atoms with Gasteiger partial charge < -0.3 is 5.32 Å². The fraction of sp³-hybridized carbons (Fsp3) is 0.600. The van der Waals surface area contributed by atoms with Crippen molar-refractivity contribution in [1.82, 2.24) is 4.72 Å². The fourth-order valence-electron chi connectivity index (χ4n) is 1.46. The summed E-state index contributed by atoms with van der Waals surface area (Å²) < 4.78 is 26.8. The van der Waals surface area contributed by atoms with Crippen molar-refractivity contribution in [2.75, 3.05) is 23.9 Å². The number of anilines is 1. The zero-order valence-corrected chi connectivity index (χ0v) is 13.8. The fourth-order valence-corrected chi connectivity index (χ4v) is 4.78. The molecule has 0 bridgehead atoms. The lowest BCUT2D eigenvalue weighted by atomic mass is 10.4. The molecule has 7 nitrogen and oxygen atoms in total. The molecule has 1 heterocycles. The van der Waals surface area contributed by atoms with Crippen LogP contribution in [0.25, 0.3) is 0 Å². The van der Waals surface area contributed by atoms with Crippen molar-refractivity contribution in [3.05, 3.63) is 16.2 Å². The van der Waals surface area contributed by atoms with Crippen molar-refractivity contribution in [1.29, 1.82) is 0 Å². The Balaban J connectivity index is 2.95. The molecule has 0 amide bonds. The van der Waals surface area contributed by atoms with E-state index >= 15 is 0 Å². The van der Waals surface area contributed by atoms with E-state index in [2.05, 4.69) is 10.0 Å². The lowest BCUT2D eigenvalue weighted by Gasteiger charge is -2.12. The summed E-state index contributed by atoms with van der Waals surface area (Å²) in [5, 5.41) is 13.7. The number of rotatable bonds is 8. The quantitative estimate of drug-likeness (QED) is 0.556. The third kappa shape index (κ3) is 4.33. The molecule has 0 fully saturated rings. The second-order valence-corrected chi connectivity index (χ2v) is 8.28. The molecule has 1 rings (SSSR count). The van der Waals surface area contributed by atoms with E-state index in [4.69, 9.17) is 0 Å². The summed E-state index contributed by atoms with van der Waals surface area (Å²) in [6.45, 7) is 3.76. The summed E-state index contributed by atoms with van der Waals surface area (Å²) in [6, 6.07) is 0.850. The third-order valence-electron chi connectivity index (χ3n) is 2.31. The van der Waals surface area contributed by atoms with Crippen molar-refractivity contribution in [2.45, 2.75) is 24.1 Å². The van der Waals surface area contributed by atoms with Crippen LogP contribution in [0, 0.1) is 10.1 Å². The number of thiophene rings is 1. The molecule has 1 unspecified atom stereocenters. The van der Waals surface area contributed by atoms with Crippen molar-refractivity contribution in [3.63, 3.8) is 0 Å². The van der Waals surface area contributed by atoms with Crippen LogP contribution in [0.4, 0.5) is 10.7 Å². The average Bonchev–Trinajstić information content (AvgIpc) is 2.80. The smallest absolute Gasteiger partial charge is 0.304 e. The first-order valence-electron chi connectivity index (χ1n) is 5.87. The van der Waals surface area contributed by atoms with Crippen LogP contribution in [0.2, 0.25) is 0 Å². The maximum Gasteiger partial charge on any atom is 0.304 e. The van der Waals surface area contributed by atoms with Gasteiger partial charge in [0.1, 0.15) is 4.21 Å². The molecule has 1 aromatic rings. The van der Waals surface area contributed by atoms with Gasteiger partial charge in [0, 0.05) is 24.9 Å². The van der Waals surface area contributed by atoms with E-state index in [-0.39, 0.29) is 20.9 Å².